The van der Waals surface area contributed by atoms with E-state index in [2.05, 4.69) is 60.1 Å². The highest BCUT2D eigenvalue weighted by Crippen LogP contribution is 2.37. The fourth-order valence-corrected chi connectivity index (χ4v) is 4.15. The number of likely N-dealkylation sites (tertiary alicyclic amines) is 1. The minimum Gasteiger partial charge on any atom is -0.369 e. The molecule has 0 unspecified atom stereocenters. The highest BCUT2D eigenvalue weighted by molar-refractivity contribution is 5.59. The van der Waals surface area contributed by atoms with Gasteiger partial charge in [-0.05, 0) is 56.9 Å². The summed E-state index contributed by atoms with van der Waals surface area (Å²) in [5.74, 6) is 2.34. The van der Waals surface area contributed by atoms with Gasteiger partial charge in [0.25, 0.3) is 0 Å². The summed E-state index contributed by atoms with van der Waals surface area (Å²) in [5, 5.41) is 8.72. The van der Waals surface area contributed by atoms with Crippen molar-refractivity contribution in [3.8, 4) is 5.69 Å². The molecule has 1 saturated heterocycles. The molecule has 0 aliphatic carbocycles. The van der Waals surface area contributed by atoms with E-state index in [1.54, 1.807) is 0 Å². The van der Waals surface area contributed by atoms with Crippen molar-refractivity contribution in [1.82, 2.24) is 14.7 Å². The molecule has 2 aliphatic rings. The van der Waals surface area contributed by atoms with Gasteiger partial charge in [0.1, 0.15) is 5.82 Å². The largest absolute Gasteiger partial charge is 0.369 e. The van der Waals surface area contributed by atoms with E-state index >= 15 is 0 Å². The van der Waals surface area contributed by atoms with Crippen molar-refractivity contribution in [1.29, 1.82) is 0 Å². The number of para-hydroxylation sites is 1. The summed E-state index contributed by atoms with van der Waals surface area (Å²) >= 11 is 0. The Labute approximate surface area is 144 Å². The smallest absolute Gasteiger partial charge is 0.133 e. The Bertz CT molecular complexity index is 723. The van der Waals surface area contributed by atoms with Gasteiger partial charge in [-0.25, -0.2) is 4.68 Å². The molecule has 1 aromatic carbocycles. The van der Waals surface area contributed by atoms with Gasteiger partial charge in [-0.3, -0.25) is 0 Å². The molecule has 0 bridgehead atoms. The van der Waals surface area contributed by atoms with Crippen molar-refractivity contribution in [2.45, 2.75) is 44.9 Å². The molecule has 0 radical (unpaired) electrons. The molecule has 4 heteroatoms. The zero-order chi connectivity index (χ0) is 16.7. The molecule has 3 heterocycles. The lowest BCUT2D eigenvalue weighted by atomic mass is 9.91. The van der Waals surface area contributed by atoms with E-state index < -0.39 is 0 Å². The minimum absolute atomic E-state index is 0.495. The number of hydrogen-bond donors (Lipinski definition) is 1. The second-order valence-electron chi connectivity index (χ2n) is 7.59. The van der Waals surface area contributed by atoms with Crippen LogP contribution in [0.5, 0.6) is 0 Å². The predicted molar refractivity (Wildman–Crippen MR) is 99.3 cm³/mol. The van der Waals surface area contributed by atoms with Crippen LogP contribution in [0.1, 0.15) is 55.3 Å². The number of rotatable bonds is 3. The number of benzene rings is 1. The Morgan fingerprint density at radius 3 is 2.67 bits per heavy atom. The molecule has 0 atom stereocenters. The van der Waals surface area contributed by atoms with Crippen LogP contribution in [0.4, 0.5) is 5.82 Å². The summed E-state index contributed by atoms with van der Waals surface area (Å²) in [5.41, 5.74) is 5.41. The van der Waals surface area contributed by atoms with Crippen molar-refractivity contribution in [2.24, 2.45) is 0 Å². The minimum atomic E-state index is 0.495. The first-order valence-corrected chi connectivity index (χ1v) is 9.28. The molecule has 4 nitrogen and oxygen atoms in total. The maximum absolute atomic E-state index is 5.13. The van der Waals surface area contributed by atoms with Crippen LogP contribution in [0.15, 0.2) is 24.3 Å². The number of anilines is 1. The molecule has 1 aromatic heterocycles. The quantitative estimate of drug-likeness (QED) is 0.933. The summed E-state index contributed by atoms with van der Waals surface area (Å²) in [6.45, 7) is 7.92. The van der Waals surface area contributed by atoms with Gasteiger partial charge in [0.2, 0.25) is 0 Å². The first-order valence-electron chi connectivity index (χ1n) is 9.28. The Hall–Kier alpha value is -1.81. The fourth-order valence-electron chi connectivity index (χ4n) is 4.15. The van der Waals surface area contributed by atoms with E-state index in [9.17, 15) is 0 Å². The van der Waals surface area contributed by atoms with Gasteiger partial charge >= 0.3 is 0 Å². The third-order valence-corrected chi connectivity index (χ3v) is 5.57. The lowest BCUT2D eigenvalue weighted by Gasteiger charge is -2.28. The Morgan fingerprint density at radius 1 is 1.17 bits per heavy atom. The van der Waals surface area contributed by atoms with Crippen molar-refractivity contribution in [3.05, 3.63) is 41.1 Å². The molecule has 2 aromatic rings. The van der Waals surface area contributed by atoms with E-state index in [1.165, 1.54) is 54.3 Å². The summed E-state index contributed by atoms with van der Waals surface area (Å²) in [7, 11) is 2.22. The van der Waals surface area contributed by atoms with Gasteiger partial charge in [0, 0.05) is 18.0 Å². The van der Waals surface area contributed by atoms with Crippen molar-refractivity contribution in [2.75, 3.05) is 32.0 Å². The van der Waals surface area contributed by atoms with Gasteiger partial charge in [-0.2, -0.15) is 5.10 Å². The second-order valence-corrected chi connectivity index (χ2v) is 7.59. The first kappa shape index (κ1) is 15.7. The number of aromatic nitrogens is 2. The molecular formula is C20H28N4. The Kier molecular flexibility index (Phi) is 4.09. The zero-order valence-electron chi connectivity index (χ0n) is 15.0. The van der Waals surface area contributed by atoms with Gasteiger partial charge in [-0.15, -0.1) is 0 Å². The second kappa shape index (κ2) is 6.25. The number of hydrogen-bond acceptors (Lipinski definition) is 3. The topological polar surface area (TPSA) is 33.1 Å². The van der Waals surface area contributed by atoms with Crippen molar-refractivity contribution in [3.63, 3.8) is 0 Å². The van der Waals surface area contributed by atoms with Crippen molar-refractivity contribution < 1.29 is 0 Å². The van der Waals surface area contributed by atoms with E-state index in [4.69, 9.17) is 5.10 Å². The predicted octanol–water partition coefficient (Wildman–Crippen LogP) is 3.77. The van der Waals surface area contributed by atoms with Crippen LogP contribution in [-0.2, 0) is 6.42 Å². The van der Waals surface area contributed by atoms with Crippen LogP contribution < -0.4 is 5.32 Å². The zero-order valence-corrected chi connectivity index (χ0v) is 15.0. The molecule has 0 amide bonds. The van der Waals surface area contributed by atoms with E-state index in [0.29, 0.717) is 11.8 Å². The third kappa shape index (κ3) is 2.63. The number of nitrogens with one attached hydrogen (secondary N) is 1. The normalized spacial score (nSPS) is 18.8. The molecule has 0 saturated carbocycles. The van der Waals surface area contributed by atoms with Crippen LogP contribution in [0.3, 0.4) is 0 Å². The maximum Gasteiger partial charge on any atom is 0.133 e. The average molecular weight is 324 g/mol. The summed E-state index contributed by atoms with van der Waals surface area (Å²) < 4.78 is 2.19. The van der Waals surface area contributed by atoms with Crippen molar-refractivity contribution >= 4 is 5.82 Å². The third-order valence-electron chi connectivity index (χ3n) is 5.57. The molecule has 1 fully saturated rings. The first-order chi connectivity index (χ1) is 11.6. The van der Waals surface area contributed by atoms with Crippen LogP contribution in [-0.4, -0.2) is 41.4 Å². The Morgan fingerprint density at radius 2 is 1.92 bits per heavy atom. The summed E-state index contributed by atoms with van der Waals surface area (Å²) in [6.07, 6.45) is 3.57. The lowest BCUT2D eigenvalue weighted by Crippen LogP contribution is -2.29. The molecule has 0 spiro atoms. The van der Waals surface area contributed by atoms with Crippen LogP contribution in [0.2, 0.25) is 0 Å². The maximum atomic E-state index is 5.13. The van der Waals surface area contributed by atoms with Crippen LogP contribution in [0.25, 0.3) is 5.69 Å². The number of fused-ring (bicyclic) bond motifs is 1. The van der Waals surface area contributed by atoms with Gasteiger partial charge in [0.15, 0.2) is 0 Å². The highest BCUT2D eigenvalue weighted by atomic mass is 15.3. The van der Waals surface area contributed by atoms with Gasteiger partial charge in [0.05, 0.1) is 11.4 Å². The molecule has 128 valence electrons. The molecule has 4 rings (SSSR count). The van der Waals surface area contributed by atoms with Crippen LogP contribution >= 0.6 is 0 Å². The Balaban J connectivity index is 1.77. The molecule has 24 heavy (non-hydrogen) atoms. The standard InChI is InChI=1S/C20H28N4/c1-14(2)16-6-4-5-7-18(16)24-20-17(8-11-21-20)19(22-24)15-9-12-23(3)13-10-15/h4-7,14-15,21H,8-13H2,1-3H3. The SMILES string of the molecule is CC(C)c1ccccc1-n1nc(C2CCN(C)CC2)c2c1NCC2. The van der Waals surface area contributed by atoms with Crippen LogP contribution in [0, 0.1) is 0 Å². The summed E-state index contributed by atoms with van der Waals surface area (Å²) in [6, 6.07) is 8.70. The molecule has 1 N–H and O–H groups in total. The molecular weight excluding hydrogens is 296 g/mol. The van der Waals surface area contributed by atoms with Gasteiger partial charge < -0.3 is 10.2 Å². The van der Waals surface area contributed by atoms with Gasteiger partial charge in [-0.1, -0.05) is 32.0 Å². The van der Waals surface area contributed by atoms with E-state index in [1.807, 2.05) is 0 Å². The fraction of sp³-hybridized carbons (Fsp3) is 0.550. The monoisotopic (exact) mass is 324 g/mol. The van der Waals surface area contributed by atoms with E-state index in [-0.39, 0.29) is 0 Å². The average Bonchev–Trinajstić information content (AvgIpc) is 3.18. The van der Waals surface area contributed by atoms with E-state index in [0.717, 1.165) is 13.0 Å². The number of nitrogens with zero attached hydrogens (tertiary/aromatic N) is 3. The molecule has 2 aliphatic heterocycles. The summed E-state index contributed by atoms with van der Waals surface area (Å²) in [4.78, 5) is 2.43. The highest BCUT2D eigenvalue weighted by Gasteiger charge is 2.30. The number of piperidine rings is 1. The lowest BCUT2D eigenvalue weighted by molar-refractivity contribution is 0.252.